The van der Waals surface area contributed by atoms with Crippen LogP contribution in [0.3, 0.4) is 0 Å². The van der Waals surface area contributed by atoms with Crippen molar-refractivity contribution in [2.75, 3.05) is 19.6 Å². The Morgan fingerprint density at radius 1 is 1.08 bits per heavy atom. The molecule has 1 aliphatic rings. The summed E-state index contributed by atoms with van der Waals surface area (Å²) in [4.78, 5) is 26.6. The van der Waals surface area contributed by atoms with Crippen LogP contribution in [0.15, 0.2) is 41.3 Å². The number of nitrogens with zero attached hydrogens (tertiary/aromatic N) is 2. The lowest BCUT2D eigenvalue weighted by Gasteiger charge is -2.15. The molecule has 0 spiro atoms. The zero-order valence-corrected chi connectivity index (χ0v) is 14.4. The summed E-state index contributed by atoms with van der Waals surface area (Å²) in [5.41, 5.74) is 0.362. The fourth-order valence-corrected chi connectivity index (χ4v) is 3.04. The second-order valence-corrected chi connectivity index (χ2v) is 6.42. The van der Waals surface area contributed by atoms with Crippen molar-refractivity contribution in [2.45, 2.75) is 25.9 Å². The summed E-state index contributed by atoms with van der Waals surface area (Å²) in [6.45, 7) is 3.31. The molecule has 1 fully saturated rings. The number of amides is 1. The van der Waals surface area contributed by atoms with Gasteiger partial charge in [0, 0.05) is 43.5 Å². The number of pyridine rings is 1. The van der Waals surface area contributed by atoms with Gasteiger partial charge in [-0.25, -0.2) is 8.78 Å². The van der Waals surface area contributed by atoms with Crippen LogP contribution in [0.1, 0.15) is 28.8 Å². The average Bonchev–Trinajstić information content (AvgIpc) is 3.13. The maximum Gasteiger partial charge on any atom is 0.253 e. The Labute approximate surface area is 150 Å². The zero-order chi connectivity index (χ0) is 18.5. The van der Waals surface area contributed by atoms with Gasteiger partial charge in [0.2, 0.25) is 0 Å². The molecular weight excluding hydrogens is 340 g/mol. The third-order valence-electron chi connectivity index (χ3n) is 4.56. The maximum atomic E-state index is 13.6. The highest BCUT2D eigenvalue weighted by molar-refractivity contribution is 5.93. The van der Waals surface area contributed by atoms with Crippen molar-refractivity contribution in [2.24, 2.45) is 0 Å². The Morgan fingerprint density at radius 3 is 2.58 bits per heavy atom. The predicted octanol–water partition coefficient (Wildman–Crippen LogP) is 2.15. The normalized spacial score (nSPS) is 14.5. The minimum atomic E-state index is -0.708. The Hall–Kier alpha value is -2.54. The minimum Gasteiger partial charge on any atom is -0.348 e. The molecule has 1 amide bonds. The third kappa shape index (κ3) is 4.54. The largest absolute Gasteiger partial charge is 0.348 e. The molecule has 1 aliphatic heterocycles. The van der Waals surface area contributed by atoms with Gasteiger partial charge in [-0.05, 0) is 38.1 Å². The van der Waals surface area contributed by atoms with Crippen LogP contribution < -0.4 is 10.9 Å². The molecule has 0 bridgehead atoms. The highest BCUT2D eigenvalue weighted by atomic mass is 19.1. The van der Waals surface area contributed by atoms with Crippen molar-refractivity contribution in [3.63, 3.8) is 0 Å². The van der Waals surface area contributed by atoms with Crippen LogP contribution in [-0.4, -0.2) is 35.0 Å². The molecule has 26 heavy (non-hydrogen) atoms. The number of carbonyl (C=O) groups excluding carboxylic acids is 1. The summed E-state index contributed by atoms with van der Waals surface area (Å²) in [7, 11) is 0. The summed E-state index contributed by atoms with van der Waals surface area (Å²) < 4.78 is 28.1. The molecule has 2 heterocycles. The van der Waals surface area contributed by atoms with Gasteiger partial charge >= 0.3 is 0 Å². The van der Waals surface area contributed by atoms with Crippen molar-refractivity contribution in [3.05, 3.63) is 69.6 Å². The summed E-state index contributed by atoms with van der Waals surface area (Å²) >= 11 is 0. The topological polar surface area (TPSA) is 54.3 Å². The van der Waals surface area contributed by atoms with E-state index in [1.165, 1.54) is 41.8 Å². The lowest BCUT2D eigenvalue weighted by Crippen LogP contribution is -2.30. The zero-order valence-electron chi connectivity index (χ0n) is 14.4. The molecule has 0 aliphatic carbocycles. The van der Waals surface area contributed by atoms with Crippen LogP contribution >= 0.6 is 0 Å². The van der Waals surface area contributed by atoms with Gasteiger partial charge < -0.3 is 14.8 Å². The smallest absolute Gasteiger partial charge is 0.253 e. The van der Waals surface area contributed by atoms with E-state index in [0.717, 1.165) is 31.8 Å². The van der Waals surface area contributed by atoms with Gasteiger partial charge in [-0.15, -0.1) is 0 Å². The number of nitrogens with one attached hydrogen (secondary N) is 1. The molecule has 7 heteroatoms. The molecule has 1 aromatic carbocycles. The lowest BCUT2D eigenvalue weighted by molar-refractivity contribution is 0.0949. The molecule has 5 nitrogen and oxygen atoms in total. The van der Waals surface area contributed by atoms with Gasteiger partial charge in [0.05, 0.1) is 5.56 Å². The number of carbonyl (C=O) groups is 1. The number of likely N-dealkylation sites (tertiary alicyclic amines) is 1. The van der Waals surface area contributed by atoms with Gasteiger partial charge in [0.15, 0.2) is 0 Å². The molecule has 1 saturated heterocycles. The number of aromatic nitrogens is 1. The molecule has 3 rings (SSSR count). The SMILES string of the molecule is O=C(NCc1ccc(F)cc1F)c1ccc(=O)n(CCN2CCCC2)c1. The van der Waals surface area contributed by atoms with Crippen LogP contribution in [-0.2, 0) is 13.1 Å². The van der Waals surface area contributed by atoms with Gasteiger partial charge in [-0.2, -0.15) is 0 Å². The molecule has 0 saturated carbocycles. The van der Waals surface area contributed by atoms with Crippen molar-refractivity contribution >= 4 is 5.91 Å². The number of benzene rings is 1. The third-order valence-corrected chi connectivity index (χ3v) is 4.56. The second kappa shape index (κ2) is 8.23. The molecule has 138 valence electrons. The highest BCUT2D eigenvalue weighted by Gasteiger charge is 2.13. The van der Waals surface area contributed by atoms with Crippen LogP contribution in [0.4, 0.5) is 8.78 Å². The summed E-state index contributed by atoms with van der Waals surface area (Å²) in [5.74, 6) is -1.79. The van der Waals surface area contributed by atoms with Gasteiger partial charge in [-0.1, -0.05) is 6.07 Å². The Bertz CT molecular complexity index is 845. The van der Waals surface area contributed by atoms with E-state index in [0.29, 0.717) is 12.1 Å². The lowest BCUT2D eigenvalue weighted by atomic mass is 10.2. The molecule has 0 atom stereocenters. The maximum absolute atomic E-state index is 13.6. The molecule has 2 aromatic rings. The molecule has 1 aromatic heterocycles. The fraction of sp³-hybridized carbons (Fsp3) is 0.368. The number of halogens is 2. The van der Waals surface area contributed by atoms with Crippen molar-refractivity contribution in [3.8, 4) is 0 Å². The number of hydrogen-bond acceptors (Lipinski definition) is 3. The summed E-state index contributed by atoms with van der Waals surface area (Å²) in [6.07, 6.45) is 3.88. The molecular formula is C19H21F2N3O2. The van der Waals surface area contributed by atoms with Gasteiger partial charge in [0.25, 0.3) is 11.5 Å². The monoisotopic (exact) mass is 361 g/mol. The van der Waals surface area contributed by atoms with Crippen molar-refractivity contribution in [1.82, 2.24) is 14.8 Å². The standard InChI is InChI=1S/C19H21F2N3O2/c20-16-5-3-14(17(21)11-16)12-22-19(26)15-4-6-18(25)24(13-15)10-9-23-7-1-2-8-23/h3-6,11,13H,1-2,7-10,12H2,(H,22,26). The van der Waals surface area contributed by atoms with Crippen LogP contribution in [0.25, 0.3) is 0 Å². The Morgan fingerprint density at radius 2 is 1.85 bits per heavy atom. The minimum absolute atomic E-state index is 0.0577. The number of hydrogen-bond donors (Lipinski definition) is 1. The van der Waals surface area contributed by atoms with Crippen LogP contribution in [0, 0.1) is 11.6 Å². The first kappa shape index (κ1) is 18.3. The molecule has 0 radical (unpaired) electrons. The first-order valence-corrected chi connectivity index (χ1v) is 8.68. The predicted molar refractivity (Wildman–Crippen MR) is 93.9 cm³/mol. The van der Waals surface area contributed by atoms with Crippen molar-refractivity contribution < 1.29 is 13.6 Å². The van der Waals surface area contributed by atoms with Crippen LogP contribution in [0.5, 0.6) is 0 Å². The Kier molecular flexibility index (Phi) is 5.78. The summed E-state index contributed by atoms with van der Waals surface area (Å²) in [6, 6.07) is 6.02. The Balaban J connectivity index is 1.63. The molecule has 1 N–H and O–H groups in total. The second-order valence-electron chi connectivity index (χ2n) is 6.42. The van der Waals surface area contributed by atoms with E-state index in [9.17, 15) is 18.4 Å². The summed E-state index contributed by atoms with van der Waals surface area (Å²) in [5, 5.41) is 2.59. The van der Waals surface area contributed by atoms with E-state index >= 15 is 0 Å². The first-order chi connectivity index (χ1) is 12.5. The quantitative estimate of drug-likeness (QED) is 0.858. The van der Waals surface area contributed by atoms with E-state index in [4.69, 9.17) is 0 Å². The van der Waals surface area contributed by atoms with Crippen LogP contribution in [0.2, 0.25) is 0 Å². The highest BCUT2D eigenvalue weighted by Crippen LogP contribution is 2.10. The van der Waals surface area contributed by atoms with Crippen molar-refractivity contribution in [1.29, 1.82) is 0 Å². The fourth-order valence-electron chi connectivity index (χ4n) is 3.04. The van der Waals surface area contributed by atoms with Gasteiger partial charge in [-0.3, -0.25) is 9.59 Å². The van der Waals surface area contributed by atoms with E-state index < -0.39 is 17.5 Å². The van der Waals surface area contributed by atoms with E-state index in [1.807, 2.05) is 0 Å². The van der Waals surface area contributed by atoms with Gasteiger partial charge in [0.1, 0.15) is 11.6 Å². The van der Waals surface area contributed by atoms with E-state index in [2.05, 4.69) is 10.2 Å². The number of rotatable bonds is 6. The average molecular weight is 361 g/mol. The van der Waals surface area contributed by atoms with E-state index in [-0.39, 0.29) is 17.7 Å². The van der Waals surface area contributed by atoms with E-state index in [1.54, 1.807) is 0 Å². The molecule has 0 unspecified atom stereocenters. The first-order valence-electron chi connectivity index (χ1n) is 8.68.